The second kappa shape index (κ2) is 6.32. The fourth-order valence-corrected chi connectivity index (χ4v) is 4.00. The van der Waals surface area contributed by atoms with Crippen LogP contribution in [0.1, 0.15) is 11.5 Å². The lowest BCUT2D eigenvalue weighted by molar-refractivity contribution is -0.118. The molecule has 0 radical (unpaired) electrons. The average Bonchev–Trinajstić information content (AvgIpc) is 2.50. The van der Waals surface area contributed by atoms with Crippen molar-refractivity contribution >= 4 is 52.3 Å². The van der Waals surface area contributed by atoms with E-state index in [-0.39, 0.29) is 0 Å². The van der Waals surface area contributed by atoms with Crippen LogP contribution in [-0.2, 0) is 4.79 Å². The summed E-state index contributed by atoms with van der Waals surface area (Å²) in [5.41, 5.74) is 7.64. The third-order valence-electron chi connectivity index (χ3n) is 3.41. The summed E-state index contributed by atoms with van der Waals surface area (Å²) in [6, 6.07) is 12.9. The minimum atomic E-state index is -0.720. The normalized spacial score (nSPS) is 14.9. The average molecular weight is 351 g/mol. The van der Waals surface area contributed by atoms with Crippen molar-refractivity contribution in [2.45, 2.75) is 10.8 Å². The Balaban J connectivity index is 2.11. The third-order valence-corrected chi connectivity index (χ3v) is 5.17. The van der Waals surface area contributed by atoms with E-state index in [1.807, 2.05) is 24.3 Å². The van der Waals surface area contributed by atoms with Crippen molar-refractivity contribution in [2.75, 3.05) is 5.75 Å². The largest absolute Gasteiger partial charge is 0.369 e. The van der Waals surface area contributed by atoms with Crippen LogP contribution in [0.15, 0.2) is 52.4 Å². The van der Waals surface area contributed by atoms with Crippen molar-refractivity contribution < 1.29 is 4.79 Å². The van der Waals surface area contributed by atoms with Crippen molar-refractivity contribution in [3.8, 4) is 0 Å². The first kappa shape index (κ1) is 15.4. The molecule has 0 fully saturated rings. The molecule has 0 aliphatic carbocycles. The van der Waals surface area contributed by atoms with Crippen LogP contribution in [0.25, 0.3) is 0 Å². The molecule has 6 heteroatoms. The Morgan fingerprint density at radius 2 is 1.82 bits per heavy atom. The molecule has 0 bridgehead atoms. The Bertz CT molecular complexity index is 756. The highest BCUT2D eigenvalue weighted by Crippen LogP contribution is 2.39. The standard InChI is InChI=1S/C16H12Cl2N2OS/c17-9-4-3-5-10(18)14(9)15(16(19)21)12-8-22-13-7-2-1-6-11(13)20-12/h1-7,15H,8H2,(H2,19,21). The van der Waals surface area contributed by atoms with Gasteiger partial charge in [0.25, 0.3) is 0 Å². The van der Waals surface area contributed by atoms with E-state index in [9.17, 15) is 4.79 Å². The monoisotopic (exact) mass is 350 g/mol. The molecule has 2 N–H and O–H groups in total. The minimum absolute atomic E-state index is 0.419. The number of nitrogens with two attached hydrogens (primary N) is 1. The van der Waals surface area contributed by atoms with E-state index in [1.165, 1.54) is 0 Å². The fraction of sp³-hybridized carbons (Fsp3) is 0.125. The van der Waals surface area contributed by atoms with Crippen LogP contribution in [0.5, 0.6) is 0 Å². The molecule has 0 spiro atoms. The zero-order valence-corrected chi connectivity index (χ0v) is 13.8. The predicted octanol–water partition coefficient (Wildman–Crippen LogP) is 4.44. The summed E-state index contributed by atoms with van der Waals surface area (Å²) >= 11 is 14.1. The highest BCUT2D eigenvalue weighted by atomic mass is 35.5. The number of hydrogen-bond donors (Lipinski definition) is 1. The Kier molecular flexibility index (Phi) is 4.43. The van der Waals surface area contributed by atoms with Crippen LogP contribution >= 0.6 is 35.0 Å². The minimum Gasteiger partial charge on any atom is -0.369 e. The van der Waals surface area contributed by atoms with Crippen molar-refractivity contribution in [2.24, 2.45) is 10.7 Å². The molecule has 1 atom stereocenters. The maximum Gasteiger partial charge on any atom is 0.230 e. The first-order valence-corrected chi connectivity index (χ1v) is 8.34. The maximum atomic E-state index is 12.0. The SMILES string of the molecule is NC(=O)C(C1=Nc2ccccc2SC1)c1c(Cl)cccc1Cl. The van der Waals surface area contributed by atoms with Crippen molar-refractivity contribution in [1.82, 2.24) is 0 Å². The van der Waals surface area contributed by atoms with E-state index in [0.717, 1.165) is 10.6 Å². The predicted molar refractivity (Wildman–Crippen MR) is 92.7 cm³/mol. The first-order chi connectivity index (χ1) is 10.6. The summed E-state index contributed by atoms with van der Waals surface area (Å²) in [4.78, 5) is 17.7. The van der Waals surface area contributed by atoms with Gasteiger partial charge in [-0.3, -0.25) is 9.79 Å². The van der Waals surface area contributed by atoms with Gasteiger partial charge in [0.15, 0.2) is 0 Å². The number of primary amides is 1. The molecule has 3 nitrogen and oxygen atoms in total. The topological polar surface area (TPSA) is 55.5 Å². The number of fused-ring (bicyclic) bond motifs is 1. The molecule has 1 amide bonds. The van der Waals surface area contributed by atoms with E-state index in [1.54, 1.807) is 30.0 Å². The number of amides is 1. The molecular weight excluding hydrogens is 339 g/mol. The van der Waals surface area contributed by atoms with E-state index in [2.05, 4.69) is 4.99 Å². The van der Waals surface area contributed by atoms with Crippen LogP contribution in [-0.4, -0.2) is 17.4 Å². The number of halogens is 2. The molecule has 0 aromatic heterocycles. The number of para-hydroxylation sites is 1. The van der Waals surface area contributed by atoms with E-state index >= 15 is 0 Å². The number of aliphatic imine (C=N–C) groups is 1. The van der Waals surface area contributed by atoms with Gasteiger partial charge in [-0.05, 0) is 24.3 Å². The molecule has 112 valence electrons. The molecule has 0 saturated carbocycles. The van der Waals surface area contributed by atoms with Gasteiger partial charge in [-0.25, -0.2) is 0 Å². The smallest absolute Gasteiger partial charge is 0.230 e. The number of thioether (sulfide) groups is 1. The lowest BCUT2D eigenvalue weighted by atomic mass is 9.93. The van der Waals surface area contributed by atoms with Crippen LogP contribution in [0.3, 0.4) is 0 Å². The number of benzene rings is 2. The quantitative estimate of drug-likeness (QED) is 0.889. The van der Waals surface area contributed by atoms with Crippen LogP contribution in [0.4, 0.5) is 5.69 Å². The lowest BCUT2D eigenvalue weighted by Crippen LogP contribution is -2.30. The van der Waals surface area contributed by atoms with Crippen LogP contribution in [0, 0.1) is 0 Å². The summed E-state index contributed by atoms with van der Waals surface area (Å²) in [5, 5.41) is 0.839. The van der Waals surface area contributed by atoms with Gasteiger partial charge in [-0.2, -0.15) is 0 Å². The van der Waals surface area contributed by atoms with Gasteiger partial charge in [0, 0.05) is 32.0 Å². The van der Waals surface area contributed by atoms with Crippen molar-refractivity contribution in [3.05, 3.63) is 58.1 Å². The lowest BCUT2D eigenvalue weighted by Gasteiger charge is -2.22. The molecule has 1 aliphatic rings. The van der Waals surface area contributed by atoms with Crippen LogP contribution in [0.2, 0.25) is 10.0 Å². The zero-order valence-electron chi connectivity index (χ0n) is 11.4. The number of nitrogens with zero attached hydrogens (tertiary/aromatic N) is 1. The highest BCUT2D eigenvalue weighted by Gasteiger charge is 2.30. The van der Waals surface area contributed by atoms with E-state index < -0.39 is 11.8 Å². The first-order valence-electron chi connectivity index (χ1n) is 6.60. The Labute approximate surface area is 142 Å². The number of hydrogen-bond acceptors (Lipinski definition) is 3. The molecule has 22 heavy (non-hydrogen) atoms. The van der Waals surface area contributed by atoms with Gasteiger partial charge in [-0.1, -0.05) is 41.4 Å². The Morgan fingerprint density at radius 1 is 1.14 bits per heavy atom. The summed E-state index contributed by atoms with van der Waals surface area (Å²) in [6.45, 7) is 0. The zero-order chi connectivity index (χ0) is 15.7. The van der Waals surface area contributed by atoms with Gasteiger partial charge in [0.05, 0.1) is 5.69 Å². The van der Waals surface area contributed by atoms with Crippen molar-refractivity contribution in [1.29, 1.82) is 0 Å². The van der Waals surface area contributed by atoms with E-state index in [4.69, 9.17) is 28.9 Å². The Hall–Kier alpha value is -1.49. The summed E-state index contributed by atoms with van der Waals surface area (Å²) in [6.07, 6.45) is 0. The maximum absolute atomic E-state index is 12.0. The second-order valence-corrected chi connectivity index (χ2v) is 6.66. The van der Waals surface area contributed by atoms with E-state index in [0.29, 0.717) is 27.1 Å². The summed E-state index contributed by atoms with van der Waals surface area (Å²) in [7, 11) is 0. The molecule has 2 aromatic carbocycles. The second-order valence-electron chi connectivity index (χ2n) is 4.83. The number of carbonyl (C=O) groups excluding carboxylic acids is 1. The van der Waals surface area contributed by atoms with Gasteiger partial charge in [-0.15, -0.1) is 11.8 Å². The molecular formula is C16H12Cl2N2OS. The highest BCUT2D eigenvalue weighted by molar-refractivity contribution is 8.00. The fourth-order valence-electron chi connectivity index (χ4n) is 2.42. The molecule has 0 saturated heterocycles. The number of carbonyl (C=O) groups is 1. The van der Waals surface area contributed by atoms with Gasteiger partial charge in [0.1, 0.15) is 5.92 Å². The summed E-state index contributed by atoms with van der Waals surface area (Å²) < 4.78 is 0. The summed E-state index contributed by atoms with van der Waals surface area (Å²) in [5.74, 6) is -0.651. The third kappa shape index (κ3) is 2.86. The van der Waals surface area contributed by atoms with Crippen LogP contribution < -0.4 is 5.73 Å². The van der Waals surface area contributed by atoms with Gasteiger partial charge >= 0.3 is 0 Å². The Morgan fingerprint density at radius 3 is 2.50 bits per heavy atom. The molecule has 3 rings (SSSR count). The molecule has 1 aliphatic heterocycles. The van der Waals surface area contributed by atoms with Gasteiger partial charge < -0.3 is 5.73 Å². The molecule has 2 aromatic rings. The van der Waals surface area contributed by atoms with Gasteiger partial charge in [0.2, 0.25) is 5.91 Å². The van der Waals surface area contributed by atoms with Crippen molar-refractivity contribution in [3.63, 3.8) is 0 Å². The molecule has 1 heterocycles. The number of rotatable bonds is 3. The molecule has 1 unspecified atom stereocenters.